The van der Waals surface area contributed by atoms with Gasteiger partial charge in [-0.25, -0.2) is 9.37 Å². The highest BCUT2D eigenvalue weighted by molar-refractivity contribution is 9.10. The standard InChI is InChI=1S/C13H14BrFN4/c1-16-13-17-7-11(15)12(18-13)19(2)8-9-5-3-4-6-10(9)14/h3-7H,8H2,1-2H3,(H,16,17,18). The minimum atomic E-state index is -0.437. The van der Waals surface area contributed by atoms with Gasteiger partial charge in [0.2, 0.25) is 5.95 Å². The van der Waals surface area contributed by atoms with Gasteiger partial charge in [-0.15, -0.1) is 0 Å². The number of hydrogen-bond donors (Lipinski definition) is 1. The lowest BCUT2D eigenvalue weighted by Crippen LogP contribution is -2.20. The van der Waals surface area contributed by atoms with Gasteiger partial charge in [0.15, 0.2) is 11.6 Å². The second-order valence-corrected chi connectivity index (χ2v) is 4.92. The summed E-state index contributed by atoms with van der Waals surface area (Å²) in [5, 5.41) is 2.80. The molecule has 0 radical (unpaired) electrons. The fraction of sp³-hybridized carbons (Fsp3) is 0.231. The van der Waals surface area contributed by atoms with Gasteiger partial charge in [-0.05, 0) is 11.6 Å². The summed E-state index contributed by atoms with van der Waals surface area (Å²) in [6.45, 7) is 0.554. The van der Waals surface area contributed by atoms with Crippen LogP contribution < -0.4 is 10.2 Å². The third-order valence-electron chi connectivity index (χ3n) is 2.68. The molecule has 2 rings (SSSR count). The van der Waals surface area contributed by atoms with Crippen molar-refractivity contribution in [1.29, 1.82) is 0 Å². The predicted molar refractivity (Wildman–Crippen MR) is 77.8 cm³/mol. The minimum Gasteiger partial charge on any atom is -0.357 e. The number of nitrogens with zero attached hydrogens (tertiary/aromatic N) is 3. The molecule has 0 amide bonds. The van der Waals surface area contributed by atoms with Crippen LogP contribution in [0, 0.1) is 5.82 Å². The zero-order valence-electron chi connectivity index (χ0n) is 10.7. The maximum absolute atomic E-state index is 13.8. The van der Waals surface area contributed by atoms with Crippen LogP contribution in [0.5, 0.6) is 0 Å². The smallest absolute Gasteiger partial charge is 0.224 e. The van der Waals surface area contributed by atoms with E-state index >= 15 is 0 Å². The van der Waals surface area contributed by atoms with Gasteiger partial charge in [0, 0.05) is 25.1 Å². The molecule has 0 fully saturated rings. The lowest BCUT2D eigenvalue weighted by atomic mass is 10.2. The molecule has 0 saturated carbocycles. The molecule has 0 saturated heterocycles. The molecular weight excluding hydrogens is 311 g/mol. The Morgan fingerprint density at radius 3 is 2.79 bits per heavy atom. The Bertz CT molecular complexity index is 576. The SMILES string of the molecule is CNc1ncc(F)c(N(C)Cc2ccccc2Br)n1. The van der Waals surface area contributed by atoms with Gasteiger partial charge in [0.25, 0.3) is 0 Å². The molecule has 1 aromatic carbocycles. The molecule has 6 heteroatoms. The molecular formula is C13H14BrFN4. The molecule has 1 N–H and O–H groups in total. The number of anilines is 2. The summed E-state index contributed by atoms with van der Waals surface area (Å²) in [5.74, 6) is 0.235. The monoisotopic (exact) mass is 324 g/mol. The van der Waals surface area contributed by atoms with Crippen LogP contribution in [0.3, 0.4) is 0 Å². The third kappa shape index (κ3) is 3.20. The molecule has 100 valence electrons. The topological polar surface area (TPSA) is 41.1 Å². The van der Waals surface area contributed by atoms with Gasteiger partial charge >= 0.3 is 0 Å². The molecule has 0 atom stereocenters. The van der Waals surface area contributed by atoms with E-state index in [2.05, 4.69) is 31.2 Å². The first-order valence-electron chi connectivity index (χ1n) is 5.76. The maximum Gasteiger partial charge on any atom is 0.224 e. The van der Waals surface area contributed by atoms with Gasteiger partial charge in [0.05, 0.1) is 6.20 Å². The van der Waals surface area contributed by atoms with Crippen molar-refractivity contribution in [1.82, 2.24) is 9.97 Å². The van der Waals surface area contributed by atoms with E-state index in [1.54, 1.807) is 19.0 Å². The molecule has 2 aromatic rings. The van der Waals surface area contributed by atoms with E-state index in [1.807, 2.05) is 24.3 Å². The van der Waals surface area contributed by atoms with Crippen LogP contribution in [0.4, 0.5) is 16.2 Å². The van der Waals surface area contributed by atoms with E-state index in [-0.39, 0.29) is 5.82 Å². The fourth-order valence-corrected chi connectivity index (χ4v) is 2.11. The summed E-state index contributed by atoms with van der Waals surface area (Å²) in [7, 11) is 3.50. The third-order valence-corrected chi connectivity index (χ3v) is 3.45. The largest absolute Gasteiger partial charge is 0.357 e. The summed E-state index contributed by atoms with van der Waals surface area (Å²) in [6.07, 6.45) is 1.17. The molecule has 0 aliphatic carbocycles. The number of rotatable bonds is 4. The molecule has 0 unspecified atom stereocenters. The van der Waals surface area contributed by atoms with E-state index in [9.17, 15) is 4.39 Å². The second-order valence-electron chi connectivity index (χ2n) is 4.06. The summed E-state index contributed by atoms with van der Waals surface area (Å²) in [6, 6.07) is 7.83. The summed E-state index contributed by atoms with van der Waals surface area (Å²) in [5.41, 5.74) is 1.06. The Hall–Kier alpha value is -1.69. The van der Waals surface area contributed by atoms with E-state index in [4.69, 9.17) is 0 Å². The van der Waals surface area contributed by atoms with Gasteiger partial charge < -0.3 is 10.2 Å². The van der Waals surface area contributed by atoms with Crippen molar-refractivity contribution in [3.63, 3.8) is 0 Å². The number of halogens is 2. The number of nitrogens with one attached hydrogen (secondary N) is 1. The van der Waals surface area contributed by atoms with Crippen LogP contribution in [0.1, 0.15) is 5.56 Å². The minimum absolute atomic E-state index is 0.273. The lowest BCUT2D eigenvalue weighted by Gasteiger charge is -2.19. The van der Waals surface area contributed by atoms with Crippen molar-refractivity contribution >= 4 is 27.7 Å². The molecule has 19 heavy (non-hydrogen) atoms. The normalized spacial score (nSPS) is 10.3. The van der Waals surface area contributed by atoms with Crippen molar-refractivity contribution in [3.05, 3.63) is 46.3 Å². The van der Waals surface area contributed by atoms with Crippen molar-refractivity contribution in [2.45, 2.75) is 6.54 Å². The Morgan fingerprint density at radius 2 is 2.11 bits per heavy atom. The van der Waals surface area contributed by atoms with Crippen LogP contribution in [-0.2, 0) is 6.54 Å². The molecule has 0 aliphatic rings. The molecule has 0 aliphatic heterocycles. The zero-order chi connectivity index (χ0) is 13.8. The quantitative estimate of drug-likeness (QED) is 0.938. The van der Waals surface area contributed by atoms with Crippen molar-refractivity contribution in [2.24, 2.45) is 0 Å². The summed E-state index contributed by atoms with van der Waals surface area (Å²) < 4.78 is 14.7. The van der Waals surface area contributed by atoms with Crippen LogP contribution in [-0.4, -0.2) is 24.1 Å². The van der Waals surface area contributed by atoms with Crippen LogP contribution in [0.2, 0.25) is 0 Å². The Kier molecular flexibility index (Phi) is 4.31. The van der Waals surface area contributed by atoms with E-state index in [0.29, 0.717) is 12.5 Å². The second kappa shape index (κ2) is 5.97. The highest BCUT2D eigenvalue weighted by Gasteiger charge is 2.12. The van der Waals surface area contributed by atoms with Crippen molar-refractivity contribution in [2.75, 3.05) is 24.3 Å². The fourth-order valence-electron chi connectivity index (χ4n) is 1.70. The van der Waals surface area contributed by atoms with Gasteiger partial charge in [0.1, 0.15) is 0 Å². The molecule has 1 aromatic heterocycles. The maximum atomic E-state index is 13.8. The van der Waals surface area contributed by atoms with Gasteiger partial charge in [-0.3, -0.25) is 0 Å². The number of aromatic nitrogens is 2. The van der Waals surface area contributed by atoms with E-state index in [1.165, 1.54) is 6.20 Å². The van der Waals surface area contributed by atoms with E-state index in [0.717, 1.165) is 10.0 Å². The summed E-state index contributed by atoms with van der Waals surface area (Å²) >= 11 is 3.48. The average Bonchev–Trinajstić information content (AvgIpc) is 2.42. The molecule has 0 bridgehead atoms. The number of benzene rings is 1. The Balaban J connectivity index is 2.25. The van der Waals surface area contributed by atoms with Crippen molar-refractivity contribution < 1.29 is 4.39 Å². The van der Waals surface area contributed by atoms with Gasteiger partial charge in [-0.1, -0.05) is 34.1 Å². The predicted octanol–water partition coefficient (Wildman–Crippen LogP) is 3.06. The Morgan fingerprint density at radius 1 is 1.37 bits per heavy atom. The van der Waals surface area contributed by atoms with Crippen LogP contribution in [0.25, 0.3) is 0 Å². The highest BCUT2D eigenvalue weighted by Crippen LogP contribution is 2.22. The lowest BCUT2D eigenvalue weighted by molar-refractivity contribution is 0.608. The first-order valence-corrected chi connectivity index (χ1v) is 6.56. The first-order chi connectivity index (χ1) is 9.11. The van der Waals surface area contributed by atoms with Crippen LogP contribution in [0.15, 0.2) is 34.9 Å². The number of hydrogen-bond acceptors (Lipinski definition) is 4. The van der Waals surface area contributed by atoms with E-state index < -0.39 is 5.82 Å². The van der Waals surface area contributed by atoms with Gasteiger partial charge in [-0.2, -0.15) is 4.98 Å². The Labute approximate surface area is 119 Å². The molecule has 1 heterocycles. The van der Waals surface area contributed by atoms with Crippen molar-refractivity contribution in [3.8, 4) is 0 Å². The summed E-state index contributed by atoms with van der Waals surface area (Å²) in [4.78, 5) is 9.71. The average molecular weight is 325 g/mol. The molecule has 0 spiro atoms. The zero-order valence-corrected chi connectivity index (χ0v) is 12.3. The highest BCUT2D eigenvalue weighted by atomic mass is 79.9. The molecule has 4 nitrogen and oxygen atoms in total. The first kappa shape index (κ1) is 13.7. The van der Waals surface area contributed by atoms with Crippen LogP contribution >= 0.6 is 15.9 Å².